The van der Waals surface area contributed by atoms with E-state index >= 15 is 0 Å². The quantitative estimate of drug-likeness (QED) is 0.804. The number of rotatable bonds is 2. The van der Waals surface area contributed by atoms with Crippen LogP contribution in [0.1, 0.15) is 12.6 Å². The molecular weight excluding hydrogens is 286 g/mol. The molecule has 3 atom stereocenters. The van der Waals surface area contributed by atoms with Gasteiger partial charge in [0, 0.05) is 18.3 Å². The third-order valence-electron chi connectivity index (χ3n) is 4.20. The van der Waals surface area contributed by atoms with E-state index in [-0.39, 0.29) is 15.1 Å². The van der Waals surface area contributed by atoms with Gasteiger partial charge in [0.15, 0.2) is 4.21 Å². The molecule has 2 N–H and O–H groups in total. The number of H-pyrrole nitrogens is 1. The highest BCUT2D eigenvalue weighted by Crippen LogP contribution is 2.36. The molecule has 106 valence electrons. The lowest BCUT2D eigenvalue weighted by Gasteiger charge is -2.23. The van der Waals surface area contributed by atoms with Crippen LogP contribution in [-0.2, 0) is 10.0 Å². The van der Waals surface area contributed by atoms with Crippen molar-refractivity contribution in [2.75, 3.05) is 19.6 Å². The second kappa shape index (κ2) is 4.41. The Morgan fingerprint density at radius 1 is 1.37 bits per heavy atom. The Morgan fingerprint density at radius 2 is 2.11 bits per heavy atom. The van der Waals surface area contributed by atoms with E-state index < -0.39 is 10.0 Å². The Labute approximate surface area is 115 Å². The first-order chi connectivity index (χ1) is 8.91. The minimum Gasteiger partial charge on any atom is -0.316 e. The number of nitrogens with zero attached hydrogens (tertiary/aromatic N) is 1. The number of thiazole rings is 1. The highest BCUT2D eigenvalue weighted by Gasteiger charge is 2.47. The lowest BCUT2D eigenvalue weighted by Crippen LogP contribution is -2.38. The average Bonchev–Trinajstić information content (AvgIpc) is 2.97. The van der Waals surface area contributed by atoms with Crippen molar-refractivity contribution in [3.8, 4) is 0 Å². The Morgan fingerprint density at radius 3 is 2.68 bits per heavy atom. The van der Waals surface area contributed by atoms with Crippen LogP contribution in [0.25, 0.3) is 0 Å². The predicted molar refractivity (Wildman–Crippen MR) is 72.9 cm³/mol. The van der Waals surface area contributed by atoms with Crippen LogP contribution in [0.5, 0.6) is 0 Å². The standard InChI is InChI=1S/C11H17N3O3S2/c1-6-10(18-11(15)13-6)19(16,17)14-5-8-3-12-4-9(8)7(14)2/h7-9,12H,3-5H2,1-2H3,(H,13,15). The Bertz CT molecular complexity index is 648. The molecule has 1 aromatic heterocycles. The van der Waals surface area contributed by atoms with E-state index in [1.54, 1.807) is 11.2 Å². The Hall–Kier alpha value is -0.700. The maximum absolute atomic E-state index is 12.7. The summed E-state index contributed by atoms with van der Waals surface area (Å²) in [4.78, 5) is 13.6. The van der Waals surface area contributed by atoms with Crippen LogP contribution in [0.3, 0.4) is 0 Å². The molecule has 3 unspecified atom stereocenters. The first-order valence-electron chi connectivity index (χ1n) is 6.33. The Kier molecular flexibility index (Phi) is 3.08. The fraction of sp³-hybridized carbons (Fsp3) is 0.727. The van der Waals surface area contributed by atoms with Gasteiger partial charge in [-0.25, -0.2) is 8.42 Å². The monoisotopic (exact) mass is 303 g/mol. The van der Waals surface area contributed by atoms with Crippen molar-refractivity contribution in [1.29, 1.82) is 0 Å². The van der Waals surface area contributed by atoms with Crippen molar-refractivity contribution in [2.45, 2.75) is 24.1 Å². The van der Waals surface area contributed by atoms with Gasteiger partial charge in [0.2, 0.25) is 0 Å². The van der Waals surface area contributed by atoms with Crippen molar-refractivity contribution < 1.29 is 8.42 Å². The first-order valence-corrected chi connectivity index (χ1v) is 8.59. The normalized spacial score (nSPS) is 31.8. The molecule has 2 aliphatic rings. The van der Waals surface area contributed by atoms with E-state index in [2.05, 4.69) is 10.3 Å². The smallest absolute Gasteiger partial charge is 0.305 e. The van der Waals surface area contributed by atoms with Crippen molar-refractivity contribution in [2.24, 2.45) is 11.8 Å². The second-order valence-corrected chi connectivity index (χ2v) is 8.39. The van der Waals surface area contributed by atoms with Gasteiger partial charge in [-0.15, -0.1) is 0 Å². The molecule has 2 saturated heterocycles. The SMILES string of the molecule is Cc1[nH]c(=O)sc1S(=O)(=O)N1CC2CNCC2C1C. The molecule has 19 heavy (non-hydrogen) atoms. The predicted octanol–water partition coefficient (Wildman–Crippen LogP) is -0.0268. The van der Waals surface area contributed by atoms with Gasteiger partial charge >= 0.3 is 4.87 Å². The summed E-state index contributed by atoms with van der Waals surface area (Å²) < 4.78 is 27.1. The molecule has 0 amide bonds. The van der Waals surface area contributed by atoms with Gasteiger partial charge in [-0.2, -0.15) is 4.31 Å². The summed E-state index contributed by atoms with van der Waals surface area (Å²) in [6, 6.07) is -0.0124. The summed E-state index contributed by atoms with van der Waals surface area (Å²) in [6.07, 6.45) is 0. The van der Waals surface area contributed by atoms with Gasteiger partial charge in [-0.3, -0.25) is 4.79 Å². The summed E-state index contributed by atoms with van der Waals surface area (Å²) in [5.41, 5.74) is 0.442. The zero-order valence-corrected chi connectivity index (χ0v) is 12.5. The van der Waals surface area contributed by atoms with Gasteiger partial charge in [0.1, 0.15) is 0 Å². The maximum atomic E-state index is 12.7. The largest absolute Gasteiger partial charge is 0.316 e. The van der Waals surface area contributed by atoms with Crippen LogP contribution in [0.2, 0.25) is 0 Å². The van der Waals surface area contributed by atoms with Crippen molar-refractivity contribution in [1.82, 2.24) is 14.6 Å². The topological polar surface area (TPSA) is 82.3 Å². The van der Waals surface area contributed by atoms with Gasteiger partial charge in [0.05, 0.1) is 0 Å². The molecule has 0 aromatic carbocycles. The van der Waals surface area contributed by atoms with Crippen molar-refractivity contribution in [3.05, 3.63) is 15.4 Å². The summed E-state index contributed by atoms with van der Waals surface area (Å²) in [7, 11) is -3.55. The zero-order chi connectivity index (χ0) is 13.8. The first kappa shape index (κ1) is 13.3. The van der Waals surface area contributed by atoms with E-state index in [1.165, 1.54) is 0 Å². The fourth-order valence-corrected chi connectivity index (χ4v) is 6.33. The zero-order valence-electron chi connectivity index (χ0n) is 10.8. The highest BCUT2D eigenvalue weighted by molar-refractivity contribution is 7.91. The molecule has 2 aliphatic heterocycles. The number of fused-ring (bicyclic) bond motifs is 1. The maximum Gasteiger partial charge on any atom is 0.305 e. The van der Waals surface area contributed by atoms with Gasteiger partial charge < -0.3 is 10.3 Å². The van der Waals surface area contributed by atoms with Crippen LogP contribution >= 0.6 is 11.3 Å². The summed E-state index contributed by atoms with van der Waals surface area (Å²) in [5, 5.41) is 3.31. The van der Waals surface area contributed by atoms with E-state index in [0.717, 1.165) is 24.4 Å². The average molecular weight is 303 g/mol. The molecule has 3 heterocycles. The van der Waals surface area contributed by atoms with Crippen LogP contribution in [0.15, 0.2) is 9.00 Å². The number of aromatic amines is 1. The third-order valence-corrected chi connectivity index (χ3v) is 7.74. The van der Waals surface area contributed by atoms with Crippen LogP contribution < -0.4 is 10.2 Å². The molecule has 0 spiro atoms. The van der Waals surface area contributed by atoms with E-state index in [1.807, 2.05) is 6.92 Å². The second-order valence-electron chi connectivity index (χ2n) is 5.32. The van der Waals surface area contributed by atoms with Gasteiger partial charge in [0.25, 0.3) is 10.0 Å². The highest BCUT2D eigenvalue weighted by atomic mass is 32.2. The molecule has 2 fully saturated rings. The van der Waals surface area contributed by atoms with Crippen LogP contribution in [-0.4, -0.2) is 43.4 Å². The van der Waals surface area contributed by atoms with E-state index in [4.69, 9.17) is 0 Å². The molecule has 1 aromatic rings. The number of hydrogen-bond donors (Lipinski definition) is 2. The van der Waals surface area contributed by atoms with Crippen molar-refractivity contribution >= 4 is 21.4 Å². The minimum atomic E-state index is -3.55. The summed E-state index contributed by atoms with van der Waals surface area (Å²) >= 11 is 0.782. The van der Waals surface area contributed by atoms with Crippen molar-refractivity contribution in [3.63, 3.8) is 0 Å². The molecule has 8 heteroatoms. The summed E-state index contributed by atoms with van der Waals surface area (Å²) in [5.74, 6) is 0.770. The summed E-state index contributed by atoms with van der Waals surface area (Å²) in [6.45, 7) is 5.89. The molecule has 0 radical (unpaired) electrons. The van der Waals surface area contributed by atoms with Gasteiger partial charge in [-0.05, 0) is 38.8 Å². The van der Waals surface area contributed by atoms with Crippen LogP contribution in [0.4, 0.5) is 0 Å². The minimum absolute atomic E-state index is 0.0124. The fourth-order valence-electron chi connectivity index (χ4n) is 3.19. The molecule has 3 rings (SSSR count). The molecular formula is C11H17N3O3S2. The number of aryl methyl sites for hydroxylation is 1. The number of hydrogen-bond acceptors (Lipinski definition) is 5. The Balaban J connectivity index is 1.98. The number of nitrogens with one attached hydrogen (secondary N) is 2. The van der Waals surface area contributed by atoms with E-state index in [0.29, 0.717) is 24.1 Å². The van der Waals surface area contributed by atoms with Crippen LogP contribution in [0, 0.1) is 18.8 Å². The van der Waals surface area contributed by atoms with E-state index in [9.17, 15) is 13.2 Å². The molecule has 6 nitrogen and oxygen atoms in total. The third kappa shape index (κ3) is 1.97. The molecule has 0 aliphatic carbocycles. The number of sulfonamides is 1. The lowest BCUT2D eigenvalue weighted by atomic mass is 9.95. The van der Waals surface area contributed by atoms with Gasteiger partial charge in [-0.1, -0.05) is 11.3 Å². The lowest BCUT2D eigenvalue weighted by molar-refractivity contribution is 0.361. The number of aromatic nitrogens is 1. The molecule has 0 bridgehead atoms. The molecule has 0 saturated carbocycles.